The van der Waals surface area contributed by atoms with Crippen LogP contribution in [-0.4, -0.2) is 44.9 Å². The molecule has 2 fully saturated rings. The molecule has 0 bridgehead atoms. The van der Waals surface area contributed by atoms with Crippen molar-refractivity contribution in [1.29, 1.82) is 0 Å². The summed E-state index contributed by atoms with van der Waals surface area (Å²) in [6.07, 6.45) is 9.69. The van der Waals surface area contributed by atoms with Crippen LogP contribution in [0.1, 0.15) is 57.8 Å². The second-order valence-corrected chi connectivity index (χ2v) is 6.83. The smallest absolute Gasteiger partial charge is 0.220 e. The molecule has 1 amide bonds. The lowest BCUT2D eigenvalue weighted by Gasteiger charge is -2.35. The summed E-state index contributed by atoms with van der Waals surface area (Å²) in [5.41, 5.74) is 5.99. The Bertz CT molecular complexity index is 330. The van der Waals surface area contributed by atoms with Crippen molar-refractivity contribution in [2.75, 3.05) is 32.9 Å². The van der Waals surface area contributed by atoms with E-state index in [-0.39, 0.29) is 23.7 Å². The maximum atomic E-state index is 12.1. The minimum Gasteiger partial charge on any atom is -0.381 e. The standard InChI is InChI=1S/C17H32N2O3.ClH/c18-14-17(7-2-1-3-8-17)13-16(20)19-9-4-10-22-15-5-11-21-12-6-15;/h15H,1-14,18H2,(H,19,20);1H. The van der Waals surface area contributed by atoms with Gasteiger partial charge in [0.1, 0.15) is 0 Å². The summed E-state index contributed by atoms with van der Waals surface area (Å²) in [4.78, 5) is 12.1. The van der Waals surface area contributed by atoms with Crippen LogP contribution in [-0.2, 0) is 14.3 Å². The molecule has 0 radical (unpaired) electrons. The summed E-state index contributed by atoms with van der Waals surface area (Å²) in [5, 5.41) is 3.03. The zero-order valence-corrected chi connectivity index (χ0v) is 15.0. The van der Waals surface area contributed by atoms with Gasteiger partial charge in [0.15, 0.2) is 0 Å². The quantitative estimate of drug-likeness (QED) is 0.661. The van der Waals surface area contributed by atoms with Gasteiger partial charge in [0.25, 0.3) is 0 Å². The second-order valence-electron chi connectivity index (χ2n) is 6.83. The van der Waals surface area contributed by atoms with Gasteiger partial charge < -0.3 is 20.5 Å². The molecule has 0 aromatic carbocycles. The van der Waals surface area contributed by atoms with E-state index in [1.165, 1.54) is 19.3 Å². The third kappa shape index (κ3) is 7.38. The van der Waals surface area contributed by atoms with Gasteiger partial charge in [-0.1, -0.05) is 19.3 Å². The normalized spacial score (nSPS) is 21.4. The van der Waals surface area contributed by atoms with Crippen molar-refractivity contribution >= 4 is 18.3 Å². The predicted molar refractivity (Wildman–Crippen MR) is 93.9 cm³/mol. The number of nitrogens with one attached hydrogen (secondary N) is 1. The highest BCUT2D eigenvalue weighted by atomic mass is 35.5. The number of hydrogen-bond acceptors (Lipinski definition) is 4. The Balaban J connectivity index is 0.00000264. The molecular formula is C17H33ClN2O3. The van der Waals surface area contributed by atoms with Crippen LogP contribution in [0.2, 0.25) is 0 Å². The first-order valence-corrected chi connectivity index (χ1v) is 8.90. The van der Waals surface area contributed by atoms with Crippen LogP contribution in [0.3, 0.4) is 0 Å². The van der Waals surface area contributed by atoms with Crippen molar-refractivity contribution in [3.05, 3.63) is 0 Å². The first kappa shape index (κ1) is 20.7. The van der Waals surface area contributed by atoms with Crippen molar-refractivity contribution in [2.24, 2.45) is 11.1 Å². The van der Waals surface area contributed by atoms with Crippen molar-refractivity contribution in [3.8, 4) is 0 Å². The number of amides is 1. The fourth-order valence-electron chi connectivity index (χ4n) is 3.55. The van der Waals surface area contributed by atoms with Crippen LogP contribution >= 0.6 is 12.4 Å². The number of rotatable bonds is 8. The Labute approximate surface area is 146 Å². The van der Waals surface area contributed by atoms with E-state index in [0.29, 0.717) is 32.2 Å². The molecule has 5 nitrogen and oxygen atoms in total. The summed E-state index contributed by atoms with van der Waals surface area (Å²) in [6, 6.07) is 0. The molecular weight excluding hydrogens is 316 g/mol. The van der Waals surface area contributed by atoms with Crippen molar-refractivity contribution in [3.63, 3.8) is 0 Å². The summed E-state index contributed by atoms with van der Waals surface area (Å²) in [7, 11) is 0. The van der Waals surface area contributed by atoms with Crippen LogP contribution in [0.15, 0.2) is 0 Å². The fraction of sp³-hybridized carbons (Fsp3) is 0.941. The molecule has 6 heteroatoms. The predicted octanol–water partition coefficient (Wildman–Crippen LogP) is 2.41. The van der Waals surface area contributed by atoms with Crippen LogP contribution in [0.4, 0.5) is 0 Å². The maximum Gasteiger partial charge on any atom is 0.220 e. The van der Waals surface area contributed by atoms with Gasteiger partial charge in [0, 0.05) is 32.8 Å². The summed E-state index contributed by atoms with van der Waals surface area (Å²) < 4.78 is 11.1. The van der Waals surface area contributed by atoms with E-state index in [1.54, 1.807) is 0 Å². The molecule has 1 aliphatic heterocycles. The average molecular weight is 349 g/mol. The number of nitrogens with two attached hydrogens (primary N) is 1. The van der Waals surface area contributed by atoms with E-state index in [1.807, 2.05) is 0 Å². The molecule has 1 saturated carbocycles. The number of hydrogen-bond donors (Lipinski definition) is 2. The minimum atomic E-state index is 0. The zero-order chi connectivity index (χ0) is 15.7. The molecule has 0 aromatic rings. The first-order chi connectivity index (χ1) is 10.7. The Morgan fingerprint density at radius 2 is 1.91 bits per heavy atom. The Hall–Kier alpha value is -0.360. The molecule has 0 spiro atoms. The van der Waals surface area contributed by atoms with E-state index in [4.69, 9.17) is 15.2 Å². The highest BCUT2D eigenvalue weighted by molar-refractivity contribution is 5.85. The molecule has 3 N–H and O–H groups in total. The van der Waals surface area contributed by atoms with E-state index in [0.717, 1.165) is 45.3 Å². The third-order valence-electron chi connectivity index (χ3n) is 5.05. The molecule has 1 saturated heterocycles. The zero-order valence-electron chi connectivity index (χ0n) is 14.2. The van der Waals surface area contributed by atoms with Gasteiger partial charge in [0.05, 0.1) is 6.10 Å². The van der Waals surface area contributed by atoms with Crippen LogP contribution < -0.4 is 11.1 Å². The second kappa shape index (κ2) is 11.2. The van der Waals surface area contributed by atoms with E-state index < -0.39 is 0 Å². The van der Waals surface area contributed by atoms with Crippen molar-refractivity contribution < 1.29 is 14.3 Å². The Kier molecular flexibility index (Phi) is 10.1. The largest absolute Gasteiger partial charge is 0.381 e. The fourth-order valence-corrected chi connectivity index (χ4v) is 3.55. The molecule has 2 aliphatic rings. The van der Waals surface area contributed by atoms with Crippen LogP contribution in [0.5, 0.6) is 0 Å². The minimum absolute atomic E-state index is 0. The first-order valence-electron chi connectivity index (χ1n) is 8.90. The van der Waals surface area contributed by atoms with Gasteiger partial charge in [-0.05, 0) is 44.1 Å². The van der Waals surface area contributed by atoms with Gasteiger partial charge in [-0.25, -0.2) is 0 Å². The Morgan fingerprint density at radius 1 is 1.22 bits per heavy atom. The van der Waals surface area contributed by atoms with Gasteiger partial charge in [-0.3, -0.25) is 4.79 Å². The number of carbonyl (C=O) groups is 1. The van der Waals surface area contributed by atoms with Crippen LogP contribution in [0.25, 0.3) is 0 Å². The highest BCUT2D eigenvalue weighted by Gasteiger charge is 2.32. The lowest BCUT2D eigenvalue weighted by Crippen LogP contribution is -2.39. The van der Waals surface area contributed by atoms with Gasteiger partial charge in [-0.15, -0.1) is 12.4 Å². The molecule has 0 unspecified atom stereocenters. The van der Waals surface area contributed by atoms with Gasteiger partial charge in [-0.2, -0.15) is 0 Å². The number of ether oxygens (including phenoxy) is 2. The molecule has 136 valence electrons. The van der Waals surface area contributed by atoms with E-state index >= 15 is 0 Å². The topological polar surface area (TPSA) is 73.6 Å². The number of halogens is 1. The molecule has 2 rings (SSSR count). The van der Waals surface area contributed by atoms with E-state index in [2.05, 4.69) is 5.32 Å². The summed E-state index contributed by atoms with van der Waals surface area (Å²) in [6.45, 7) is 3.66. The molecule has 1 heterocycles. The molecule has 23 heavy (non-hydrogen) atoms. The Morgan fingerprint density at radius 3 is 2.57 bits per heavy atom. The molecule has 1 aliphatic carbocycles. The SMILES string of the molecule is Cl.NCC1(CC(=O)NCCCOC2CCOCC2)CCCCC1. The van der Waals surface area contributed by atoms with Crippen LogP contribution in [0, 0.1) is 5.41 Å². The lowest BCUT2D eigenvalue weighted by atomic mass is 9.71. The number of carbonyl (C=O) groups excluding carboxylic acids is 1. The lowest BCUT2D eigenvalue weighted by molar-refractivity contribution is -0.123. The van der Waals surface area contributed by atoms with Crippen molar-refractivity contribution in [1.82, 2.24) is 5.32 Å². The van der Waals surface area contributed by atoms with E-state index in [9.17, 15) is 4.79 Å². The van der Waals surface area contributed by atoms with Gasteiger partial charge in [0.2, 0.25) is 5.91 Å². The average Bonchev–Trinajstić information content (AvgIpc) is 2.56. The molecule has 0 atom stereocenters. The molecule has 0 aromatic heterocycles. The summed E-state index contributed by atoms with van der Waals surface area (Å²) in [5.74, 6) is 0.151. The third-order valence-corrected chi connectivity index (χ3v) is 5.05. The highest BCUT2D eigenvalue weighted by Crippen LogP contribution is 2.38. The van der Waals surface area contributed by atoms with Crippen molar-refractivity contribution in [2.45, 2.75) is 63.9 Å². The van der Waals surface area contributed by atoms with Gasteiger partial charge >= 0.3 is 0 Å². The summed E-state index contributed by atoms with van der Waals surface area (Å²) >= 11 is 0. The monoisotopic (exact) mass is 348 g/mol. The maximum absolute atomic E-state index is 12.1.